The summed E-state index contributed by atoms with van der Waals surface area (Å²) in [5.41, 5.74) is 1.04. The highest BCUT2D eigenvalue weighted by Crippen LogP contribution is 2.20. The van der Waals surface area contributed by atoms with Crippen molar-refractivity contribution < 1.29 is 12.6 Å². The first-order chi connectivity index (χ1) is 10.5. The summed E-state index contributed by atoms with van der Waals surface area (Å²) in [5.74, 6) is 0. The van der Waals surface area contributed by atoms with E-state index in [0.717, 1.165) is 37.7 Å². The highest BCUT2D eigenvalue weighted by Gasteiger charge is 2.21. The van der Waals surface area contributed by atoms with Crippen LogP contribution < -0.4 is 0 Å². The van der Waals surface area contributed by atoms with Crippen LogP contribution in [0.15, 0.2) is 29.2 Å². The SMILES string of the molecule is CCCCCCCC(CCC)OS(=O)(=O)c1ccc(C)cc1. The number of unbranched alkanes of at least 4 members (excludes halogenated alkanes) is 4. The van der Waals surface area contributed by atoms with Crippen molar-refractivity contribution in [3.63, 3.8) is 0 Å². The first-order valence-electron chi connectivity index (χ1n) is 8.49. The van der Waals surface area contributed by atoms with E-state index in [0.29, 0.717) is 0 Å². The zero-order valence-electron chi connectivity index (χ0n) is 14.2. The van der Waals surface area contributed by atoms with Gasteiger partial charge in [0.05, 0.1) is 11.0 Å². The van der Waals surface area contributed by atoms with Crippen LogP contribution in [0, 0.1) is 6.92 Å². The fourth-order valence-electron chi connectivity index (χ4n) is 2.48. The standard InChI is InChI=1S/C18H30O3S/c1-4-6-7-8-9-11-17(10-5-2)21-22(19,20)18-14-12-16(3)13-15-18/h12-15,17H,4-11H2,1-3H3. The molecule has 0 aliphatic heterocycles. The zero-order valence-corrected chi connectivity index (χ0v) is 15.0. The van der Waals surface area contributed by atoms with Gasteiger partial charge in [-0.2, -0.15) is 8.42 Å². The van der Waals surface area contributed by atoms with E-state index in [9.17, 15) is 8.42 Å². The van der Waals surface area contributed by atoms with E-state index in [1.54, 1.807) is 24.3 Å². The molecule has 3 nitrogen and oxygen atoms in total. The van der Waals surface area contributed by atoms with Crippen LogP contribution in [0.5, 0.6) is 0 Å². The van der Waals surface area contributed by atoms with E-state index in [-0.39, 0.29) is 11.0 Å². The van der Waals surface area contributed by atoms with Gasteiger partial charge >= 0.3 is 0 Å². The first-order valence-corrected chi connectivity index (χ1v) is 9.90. The summed E-state index contributed by atoms with van der Waals surface area (Å²) in [6.45, 7) is 6.19. The Morgan fingerprint density at radius 2 is 1.55 bits per heavy atom. The predicted octanol–water partition coefficient (Wildman–Crippen LogP) is 5.23. The summed E-state index contributed by atoms with van der Waals surface area (Å²) >= 11 is 0. The third kappa shape index (κ3) is 6.93. The lowest BCUT2D eigenvalue weighted by atomic mass is 10.1. The Balaban J connectivity index is 2.58. The molecule has 0 bridgehead atoms. The largest absolute Gasteiger partial charge is 0.297 e. The zero-order chi connectivity index (χ0) is 16.4. The molecule has 0 saturated carbocycles. The van der Waals surface area contributed by atoms with Gasteiger partial charge in [0.2, 0.25) is 0 Å². The molecule has 1 aromatic rings. The van der Waals surface area contributed by atoms with Gasteiger partial charge in [-0.05, 0) is 31.9 Å². The van der Waals surface area contributed by atoms with Gasteiger partial charge in [0.15, 0.2) is 0 Å². The van der Waals surface area contributed by atoms with Crippen LogP contribution in [0.25, 0.3) is 0 Å². The van der Waals surface area contributed by atoms with Gasteiger partial charge in [0.1, 0.15) is 0 Å². The van der Waals surface area contributed by atoms with E-state index in [1.165, 1.54) is 19.3 Å². The molecule has 0 aromatic heterocycles. The Morgan fingerprint density at radius 1 is 0.909 bits per heavy atom. The Labute approximate surface area is 136 Å². The van der Waals surface area contributed by atoms with E-state index in [4.69, 9.17) is 4.18 Å². The van der Waals surface area contributed by atoms with Gasteiger partial charge in [0, 0.05) is 0 Å². The van der Waals surface area contributed by atoms with Gasteiger partial charge in [-0.15, -0.1) is 0 Å². The van der Waals surface area contributed by atoms with Gasteiger partial charge in [0.25, 0.3) is 10.1 Å². The second-order valence-corrected chi connectivity index (χ2v) is 7.55. The fraction of sp³-hybridized carbons (Fsp3) is 0.667. The maximum absolute atomic E-state index is 12.3. The third-order valence-corrected chi connectivity index (χ3v) is 5.19. The Bertz CT molecular complexity index is 506. The fourth-order valence-corrected chi connectivity index (χ4v) is 3.61. The highest BCUT2D eigenvalue weighted by atomic mass is 32.2. The molecule has 0 saturated heterocycles. The molecule has 1 unspecified atom stereocenters. The average Bonchev–Trinajstić information content (AvgIpc) is 2.47. The lowest BCUT2D eigenvalue weighted by Crippen LogP contribution is -2.18. The lowest BCUT2D eigenvalue weighted by Gasteiger charge is -2.17. The van der Waals surface area contributed by atoms with Crippen LogP contribution in [-0.4, -0.2) is 14.5 Å². The molecular weight excluding hydrogens is 296 g/mol. The molecule has 0 spiro atoms. The molecule has 1 atom stereocenters. The maximum atomic E-state index is 12.3. The molecule has 0 amide bonds. The van der Waals surface area contributed by atoms with Gasteiger partial charge in [-0.3, -0.25) is 4.18 Å². The second kappa shape index (κ2) is 10.0. The topological polar surface area (TPSA) is 43.4 Å². The van der Waals surface area contributed by atoms with Gasteiger partial charge < -0.3 is 0 Å². The number of rotatable bonds is 11. The minimum absolute atomic E-state index is 0.196. The van der Waals surface area contributed by atoms with Crippen molar-refractivity contribution in [1.29, 1.82) is 0 Å². The highest BCUT2D eigenvalue weighted by molar-refractivity contribution is 7.86. The Hall–Kier alpha value is -0.870. The van der Waals surface area contributed by atoms with Gasteiger partial charge in [-0.25, -0.2) is 0 Å². The van der Waals surface area contributed by atoms with Crippen molar-refractivity contribution >= 4 is 10.1 Å². The van der Waals surface area contributed by atoms with Crippen molar-refractivity contribution in [1.82, 2.24) is 0 Å². The summed E-state index contributed by atoms with van der Waals surface area (Å²) in [4.78, 5) is 0.255. The molecular formula is C18H30O3S. The molecule has 0 N–H and O–H groups in total. The Kier molecular flexibility index (Phi) is 8.72. The summed E-state index contributed by atoms with van der Waals surface area (Å²) in [5, 5.41) is 0. The van der Waals surface area contributed by atoms with E-state index < -0.39 is 10.1 Å². The summed E-state index contributed by atoms with van der Waals surface area (Å²) in [6.07, 6.45) is 8.23. The summed E-state index contributed by atoms with van der Waals surface area (Å²) < 4.78 is 30.2. The number of aryl methyl sites for hydroxylation is 1. The smallest absolute Gasteiger partial charge is 0.263 e. The van der Waals surface area contributed by atoms with Crippen molar-refractivity contribution in [3.05, 3.63) is 29.8 Å². The molecule has 0 heterocycles. The molecule has 0 radical (unpaired) electrons. The van der Waals surface area contributed by atoms with E-state index in [1.807, 2.05) is 6.92 Å². The monoisotopic (exact) mass is 326 g/mol. The number of benzene rings is 1. The minimum Gasteiger partial charge on any atom is -0.263 e. The number of hydrogen-bond donors (Lipinski definition) is 0. The molecule has 1 rings (SSSR count). The quantitative estimate of drug-likeness (QED) is 0.413. The van der Waals surface area contributed by atoms with Crippen LogP contribution in [0.1, 0.15) is 70.8 Å². The van der Waals surface area contributed by atoms with E-state index in [2.05, 4.69) is 13.8 Å². The molecule has 0 aliphatic carbocycles. The molecule has 4 heteroatoms. The van der Waals surface area contributed by atoms with Crippen molar-refractivity contribution in [3.8, 4) is 0 Å². The first kappa shape index (κ1) is 19.2. The lowest BCUT2D eigenvalue weighted by molar-refractivity contribution is 0.183. The maximum Gasteiger partial charge on any atom is 0.297 e. The molecule has 1 aromatic carbocycles. The summed E-state index contributed by atoms with van der Waals surface area (Å²) in [6, 6.07) is 6.84. The second-order valence-electron chi connectivity index (χ2n) is 5.98. The molecule has 0 fully saturated rings. The van der Waals surface area contributed by atoms with Gasteiger partial charge in [-0.1, -0.05) is 70.1 Å². The third-order valence-electron chi connectivity index (χ3n) is 3.81. The average molecular weight is 327 g/mol. The molecule has 0 aliphatic rings. The molecule has 22 heavy (non-hydrogen) atoms. The van der Waals surface area contributed by atoms with Crippen molar-refractivity contribution in [2.24, 2.45) is 0 Å². The summed E-state index contributed by atoms with van der Waals surface area (Å²) in [7, 11) is -3.65. The minimum atomic E-state index is -3.65. The van der Waals surface area contributed by atoms with E-state index >= 15 is 0 Å². The van der Waals surface area contributed by atoms with Crippen molar-refractivity contribution in [2.75, 3.05) is 0 Å². The van der Waals surface area contributed by atoms with Crippen LogP contribution in [0.3, 0.4) is 0 Å². The van der Waals surface area contributed by atoms with Crippen molar-refractivity contribution in [2.45, 2.75) is 83.1 Å². The normalized spacial score (nSPS) is 13.2. The van der Waals surface area contributed by atoms with Crippen LogP contribution in [-0.2, 0) is 14.3 Å². The predicted molar refractivity (Wildman–Crippen MR) is 91.5 cm³/mol. The van der Waals surface area contributed by atoms with Crippen LogP contribution >= 0.6 is 0 Å². The van der Waals surface area contributed by atoms with Crippen LogP contribution in [0.2, 0.25) is 0 Å². The van der Waals surface area contributed by atoms with Crippen LogP contribution in [0.4, 0.5) is 0 Å². The number of hydrogen-bond acceptors (Lipinski definition) is 3. The molecule has 126 valence electrons. The Morgan fingerprint density at radius 3 is 2.14 bits per heavy atom.